The second kappa shape index (κ2) is 3.87. The van der Waals surface area contributed by atoms with Gasteiger partial charge in [0.25, 0.3) is 0 Å². The van der Waals surface area contributed by atoms with Gasteiger partial charge >= 0.3 is 6.09 Å². The molecule has 1 rings (SSSR count). The van der Waals surface area contributed by atoms with Gasteiger partial charge in [0.05, 0.1) is 0 Å². The van der Waals surface area contributed by atoms with Crippen LogP contribution >= 0.6 is 11.3 Å². The van der Waals surface area contributed by atoms with Gasteiger partial charge < -0.3 is 5.11 Å². The lowest BCUT2D eigenvalue weighted by Gasteiger charge is -2.08. The summed E-state index contributed by atoms with van der Waals surface area (Å²) in [5.41, 5.74) is 0. The second-order valence-corrected chi connectivity index (χ2v) is 2.82. The van der Waals surface area contributed by atoms with Gasteiger partial charge in [-0.1, -0.05) is 6.08 Å². The summed E-state index contributed by atoms with van der Waals surface area (Å²) in [7, 11) is 0. The molecule has 0 unspecified atom stereocenters. The summed E-state index contributed by atoms with van der Waals surface area (Å²) in [6.07, 6.45) is 3.65. The number of aromatic nitrogens is 1. The Morgan fingerprint density at radius 1 is 1.83 bits per heavy atom. The first kappa shape index (κ1) is 8.73. The lowest BCUT2D eigenvalue weighted by Crippen LogP contribution is -2.22. The molecular weight excluding hydrogens is 176 g/mol. The van der Waals surface area contributed by atoms with E-state index in [1.807, 2.05) is 0 Å². The summed E-state index contributed by atoms with van der Waals surface area (Å²) in [6, 6.07) is 0. The fourth-order valence-corrected chi connectivity index (χ4v) is 1.31. The van der Waals surface area contributed by atoms with E-state index >= 15 is 0 Å². The molecule has 1 amide bonds. The molecule has 0 saturated carbocycles. The molecule has 0 atom stereocenters. The van der Waals surface area contributed by atoms with E-state index in [9.17, 15) is 4.79 Å². The molecule has 1 N–H and O–H groups in total. The van der Waals surface area contributed by atoms with Crippen LogP contribution in [0.15, 0.2) is 23.9 Å². The molecule has 0 radical (unpaired) electrons. The predicted molar refractivity (Wildman–Crippen MR) is 47.4 cm³/mol. The molecule has 1 heterocycles. The Morgan fingerprint density at radius 3 is 3.00 bits per heavy atom. The van der Waals surface area contributed by atoms with E-state index in [-0.39, 0.29) is 0 Å². The molecule has 0 aliphatic heterocycles. The van der Waals surface area contributed by atoms with E-state index < -0.39 is 6.09 Å². The molecular formula is C7H8N2O2S. The Kier molecular flexibility index (Phi) is 2.82. The van der Waals surface area contributed by atoms with Gasteiger partial charge in [-0.3, -0.25) is 0 Å². The first-order valence-electron chi connectivity index (χ1n) is 3.30. The van der Waals surface area contributed by atoms with Gasteiger partial charge in [0.15, 0.2) is 5.13 Å². The molecule has 1 aromatic heterocycles. The van der Waals surface area contributed by atoms with Crippen LogP contribution in [0.5, 0.6) is 0 Å². The lowest BCUT2D eigenvalue weighted by atomic mass is 10.6. The Bertz CT molecular complexity index is 282. The minimum Gasteiger partial charge on any atom is -0.464 e. The van der Waals surface area contributed by atoms with Crippen molar-refractivity contribution in [3.05, 3.63) is 23.9 Å². The smallest absolute Gasteiger partial charge is 0.417 e. The third-order valence-corrected chi connectivity index (χ3v) is 1.90. The fraction of sp³-hybridized carbons (Fsp3) is 0.143. The zero-order valence-electron chi connectivity index (χ0n) is 6.47. The maximum Gasteiger partial charge on any atom is 0.417 e. The molecule has 64 valence electrons. The number of carboxylic acid groups (broad SMARTS) is 1. The van der Waals surface area contributed by atoms with Crippen LogP contribution in [0.1, 0.15) is 6.92 Å². The largest absolute Gasteiger partial charge is 0.464 e. The lowest BCUT2D eigenvalue weighted by molar-refractivity contribution is 0.204. The molecule has 4 nitrogen and oxygen atoms in total. The molecule has 12 heavy (non-hydrogen) atoms. The average Bonchev–Trinajstić information content (AvgIpc) is 2.51. The summed E-state index contributed by atoms with van der Waals surface area (Å²) < 4.78 is 0. The van der Waals surface area contributed by atoms with Gasteiger partial charge in [-0.05, 0) is 6.92 Å². The minimum absolute atomic E-state index is 0.459. The molecule has 0 saturated heterocycles. The van der Waals surface area contributed by atoms with Crippen LogP contribution in [0.2, 0.25) is 0 Å². The quantitative estimate of drug-likeness (QED) is 0.766. The molecule has 0 fully saturated rings. The van der Waals surface area contributed by atoms with Crippen LogP contribution in [0.3, 0.4) is 0 Å². The molecule has 0 aliphatic carbocycles. The monoisotopic (exact) mass is 184 g/mol. The highest BCUT2D eigenvalue weighted by Gasteiger charge is 2.12. The number of nitrogens with zero attached hydrogens (tertiary/aromatic N) is 2. The highest BCUT2D eigenvalue weighted by Crippen LogP contribution is 2.17. The number of allylic oxidation sites excluding steroid dienone is 1. The molecule has 0 aromatic carbocycles. The highest BCUT2D eigenvalue weighted by atomic mass is 32.1. The first-order valence-corrected chi connectivity index (χ1v) is 4.18. The summed E-state index contributed by atoms with van der Waals surface area (Å²) in [5, 5.41) is 10.9. The van der Waals surface area contributed by atoms with Crippen LogP contribution in [0, 0.1) is 0 Å². The molecule has 1 aromatic rings. The number of carbonyl (C=O) groups is 1. The molecule has 0 bridgehead atoms. The van der Waals surface area contributed by atoms with Gasteiger partial charge in [-0.25, -0.2) is 14.7 Å². The van der Waals surface area contributed by atoms with E-state index in [0.29, 0.717) is 5.13 Å². The van der Waals surface area contributed by atoms with Crippen molar-refractivity contribution in [2.24, 2.45) is 0 Å². The van der Waals surface area contributed by atoms with Crippen molar-refractivity contribution in [1.29, 1.82) is 0 Å². The van der Waals surface area contributed by atoms with Crippen molar-refractivity contribution in [3.63, 3.8) is 0 Å². The maximum atomic E-state index is 10.6. The fourth-order valence-electron chi connectivity index (χ4n) is 0.693. The van der Waals surface area contributed by atoms with Crippen LogP contribution in [-0.2, 0) is 0 Å². The van der Waals surface area contributed by atoms with E-state index in [1.54, 1.807) is 24.6 Å². The molecule has 0 spiro atoms. The van der Waals surface area contributed by atoms with Crippen molar-refractivity contribution in [2.45, 2.75) is 6.92 Å². The summed E-state index contributed by atoms with van der Waals surface area (Å²) in [4.78, 5) is 15.6. The van der Waals surface area contributed by atoms with Crippen molar-refractivity contribution < 1.29 is 9.90 Å². The van der Waals surface area contributed by atoms with Gasteiger partial charge in [0.1, 0.15) is 0 Å². The third-order valence-electron chi connectivity index (χ3n) is 1.13. The SMILES string of the molecule is CC=CN(C(=O)O)c1nccs1. The van der Waals surface area contributed by atoms with Crippen LogP contribution in [0.25, 0.3) is 0 Å². The number of hydrogen-bond acceptors (Lipinski definition) is 3. The van der Waals surface area contributed by atoms with Gasteiger partial charge in [0, 0.05) is 17.8 Å². The molecule has 0 aliphatic rings. The van der Waals surface area contributed by atoms with Crippen LogP contribution in [0.4, 0.5) is 9.93 Å². The maximum absolute atomic E-state index is 10.6. The minimum atomic E-state index is -1.02. The Labute approximate surface area is 73.8 Å². The number of anilines is 1. The number of amides is 1. The standard InChI is InChI=1S/C7H8N2O2S/c1-2-4-9(7(10)11)6-8-3-5-12-6/h2-5H,1H3,(H,10,11). The summed E-state index contributed by atoms with van der Waals surface area (Å²) in [6.45, 7) is 1.75. The number of thiazole rings is 1. The van der Waals surface area contributed by atoms with Crippen molar-refractivity contribution in [1.82, 2.24) is 4.98 Å². The average molecular weight is 184 g/mol. The summed E-state index contributed by atoms with van der Waals surface area (Å²) >= 11 is 1.28. The van der Waals surface area contributed by atoms with E-state index in [0.717, 1.165) is 4.90 Å². The Balaban J connectivity index is 2.88. The number of hydrogen-bond donors (Lipinski definition) is 1. The normalized spacial score (nSPS) is 10.4. The van der Waals surface area contributed by atoms with Gasteiger partial charge in [-0.2, -0.15) is 0 Å². The zero-order chi connectivity index (χ0) is 8.97. The zero-order valence-corrected chi connectivity index (χ0v) is 7.28. The van der Waals surface area contributed by atoms with Gasteiger partial charge in [-0.15, -0.1) is 11.3 Å². The highest BCUT2D eigenvalue weighted by molar-refractivity contribution is 7.13. The van der Waals surface area contributed by atoms with Crippen molar-refractivity contribution in [3.8, 4) is 0 Å². The van der Waals surface area contributed by atoms with E-state index in [4.69, 9.17) is 5.11 Å². The summed E-state index contributed by atoms with van der Waals surface area (Å²) in [5.74, 6) is 0. The van der Waals surface area contributed by atoms with E-state index in [2.05, 4.69) is 4.98 Å². The van der Waals surface area contributed by atoms with Crippen molar-refractivity contribution >= 4 is 22.6 Å². The first-order chi connectivity index (χ1) is 5.75. The third kappa shape index (κ3) is 1.82. The topological polar surface area (TPSA) is 53.4 Å². The Hall–Kier alpha value is -1.36. The number of rotatable bonds is 2. The van der Waals surface area contributed by atoms with E-state index in [1.165, 1.54) is 17.5 Å². The second-order valence-electron chi connectivity index (χ2n) is 1.95. The van der Waals surface area contributed by atoms with Gasteiger partial charge in [0.2, 0.25) is 0 Å². The van der Waals surface area contributed by atoms with Crippen molar-refractivity contribution in [2.75, 3.05) is 4.90 Å². The van der Waals surface area contributed by atoms with Crippen LogP contribution < -0.4 is 4.90 Å². The van der Waals surface area contributed by atoms with Crippen LogP contribution in [-0.4, -0.2) is 16.2 Å². The predicted octanol–water partition coefficient (Wildman–Crippen LogP) is 2.16. The molecule has 5 heteroatoms. The Morgan fingerprint density at radius 2 is 2.58 bits per heavy atom.